The number of benzene rings is 1. The molecule has 0 bridgehead atoms. The topological polar surface area (TPSA) is 35.5 Å². The first kappa shape index (κ1) is 12.9. The first-order valence-corrected chi connectivity index (χ1v) is 6.31. The van der Waals surface area contributed by atoms with Gasteiger partial charge in [0.2, 0.25) is 0 Å². The molecular formula is C12H16O3S. The molecule has 88 valence electrons. The van der Waals surface area contributed by atoms with E-state index in [-0.39, 0.29) is 0 Å². The van der Waals surface area contributed by atoms with Crippen LogP contribution in [0.25, 0.3) is 0 Å². The molecule has 4 heteroatoms. The number of methoxy groups -OCH3 is 1. The molecule has 0 spiro atoms. The van der Waals surface area contributed by atoms with E-state index in [9.17, 15) is 4.79 Å². The third-order valence-corrected chi connectivity index (χ3v) is 2.88. The van der Waals surface area contributed by atoms with Crippen molar-refractivity contribution >= 4 is 18.0 Å². The van der Waals surface area contributed by atoms with Crippen molar-refractivity contribution in [3.63, 3.8) is 0 Å². The second-order valence-corrected chi connectivity index (χ2v) is 4.47. The fourth-order valence-corrected chi connectivity index (χ4v) is 1.72. The number of carbonyl (C=O) groups excluding carboxylic acids is 1. The molecule has 1 aromatic carbocycles. The summed E-state index contributed by atoms with van der Waals surface area (Å²) >= 11 is 1.82. The van der Waals surface area contributed by atoms with Crippen LogP contribution in [0, 0.1) is 0 Å². The van der Waals surface area contributed by atoms with E-state index in [1.807, 2.05) is 11.8 Å². The minimum atomic E-state index is 0.596. The Labute approximate surface area is 100 Å². The van der Waals surface area contributed by atoms with Crippen LogP contribution in [0.3, 0.4) is 0 Å². The van der Waals surface area contributed by atoms with Crippen LogP contribution in [0.15, 0.2) is 18.2 Å². The zero-order chi connectivity index (χ0) is 11.8. The summed E-state index contributed by atoms with van der Waals surface area (Å²) in [4.78, 5) is 10.6. The SMILES string of the molecule is CCSCCOc1cc(C=O)ccc1OC. The van der Waals surface area contributed by atoms with E-state index in [1.165, 1.54) is 0 Å². The highest BCUT2D eigenvalue weighted by atomic mass is 32.2. The maximum atomic E-state index is 10.6. The smallest absolute Gasteiger partial charge is 0.161 e. The van der Waals surface area contributed by atoms with Gasteiger partial charge in [0.15, 0.2) is 11.5 Å². The van der Waals surface area contributed by atoms with Gasteiger partial charge in [0.05, 0.1) is 13.7 Å². The van der Waals surface area contributed by atoms with E-state index < -0.39 is 0 Å². The standard InChI is InChI=1S/C12H16O3S/c1-3-16-7-6-15-12-8-10(9-13)4-5-11(12)14-2/h4-5,8-9H,3,6-7H2,1-2H3. The lowest BCUT2D eigenvalue weighted by molar-refractivity contribution is 0.112. The summed E-state index contributed by atoms with van der Waals surface area (Å²) < 4.78 is 10.7. The normalized spacial score (nSPS) is 9.88. The maximum absolute atomic E-state index is 10.6. The molecule has 0 aliphatic heterocycles. The van der Waals surface area contributed by atoms with E-state index in [0.29, 0.717) is 23.7 Å². The molecule has 3 nitrogen and oxygen atoms in total. The van der Waals surface area contributed by atoms with Gasteiger partial charge in [-0.1, -0.05) is 6.92 Å². The molecule has 0 unspecified atom stereocenters. The first-order valence-electron chi connectivity index (χ1n) is 5.15. The van der Waals surface area contributed by atoms with Crippen molar-refractivity contribution in [2.45, 2.75) is 6.92 Å². The predicted octanol–water partition coefficient (Wildman–Crippen LogP) is 2.64. The largest absolute Gasteiger partial charge is 0.493 e. The summed E-state index contributed by atoms with van der Waals surface area (Å²) in [7, 11) is 1.59. The van der Waals surface area contributed by atoms with E-state index in [2.05, 4.69) is 6.92 Å². The van der Waals surface area contributed by atoms with Crippen LogP contribution in [0.2, 0.25) is 0 Å². The van der Waals surface area contributed by atoms with Crippen molar-refractivity contribution in [2.75, 3.05) is 25.2 Å². The number of carbonyl (C=O) groups is 1. The van der Waals surface area contributed by atoms with Crippen LogP contribution in [0.4, 0.5) is 0 Å². The molecule has 0 aliphatic carbocycles. The van der Waals surface area contributed by atoms with E-state index >= 15 is 0 Å². The number of hydrogen-bond acceptors (Lipinski definition) is 4. The lowest BCUT2D eigenvalue weighted by atomic mass is 10.2. The molecule has 0 atom stereocenters. The van der Waals surface area contributed by atoms with Gasteiger partial charge in [0, 0.05) is 11.3 Å². The molecule has 1 rings (SSSR count). The Morgan fingerprint density at radius 1 is 1.38 bits per heavy atom. The Morgan fingerprint density at radius 2 is 2.19 bits per heavy atom. The summed E-state index contributed by atoms with van der Waals surface area (Å²) in [6, 6.07) is 5.15. The van der Waals surface area contributed by atoms with Gasteiger partial charge < -0.3 is 9.47 Å². The van der Waals surface area contributed by atoms with Crippen LogP contribution >= 0.6 is 11.8 Å². The third-order valence-electron chi connectivity index (χ3n) is 2.01. The van der Waals surface area contributed by atoms with Gasteiger partial charge in [-0.3, -0.25) is 4.79 Å². The van der Waals surface area contributed by atoms with Crippen LogP contribution in [0.5, 0.6) is 11.5 Å². The van der Waals surface area contributed by atoms with Crippen molar-refractivity contribution in [3.05, 3.63) is 23.8 Å². The molecule has 1 aromatic rings. The van der Waals surface area contributed by atoms with Gasteiger partial charge in [-0.2, -0.15) is 11.8 Å². The Morgan fingerprint density at radius 3 is 2.81 bits per heavy atom. The van der Waals surface area contributed by atoms with Crippen molar-refractivity contribution in [3.8, 4) is 11.5 Å². The summed E-state index contributed by atoms with van der Waals surface area (Å²) in [5, 5.41) is 0. The number of ether oxygens (including phenoxy) is 2. The van der Waals surface area contributed by atoms with Crippen molar-refractivity contribution in [1.29, 1.82) is 0 Å². The molecule has 0 fully saturated rings. The average molecular weight is 240 g/mol. The molecule has 0 aliphatic rings. The van der Waals surface area contributed by atoms with Gasteiger partial charge in [-0.25, -0.2) is 0 Å². The molecule has 16 heavy (non-hydrogen) atoms. The summed E-state index contributed by atoms with van der Waals surface area (Å²) in [5.74, 6) is 3.30. The van der Waals surface area contributed by atoms with Crippen LogP contribution < -0.4 is 9.47 Å². The molecular weight excluding hydrogens is 224 g/mol. The lowest BCUT2D eigenvalue weighted by Gasteiger charge is -2.10. The van der Waals surface area contributed by atoms with Gasteiger partial charge in [0.25, 0.3) is 0 Å². The minimum absolute atomic E-state index is 0.596. The van der Waals surface area contributed by atoms with E-state index in [4.69, 9.17) is 9.47 Å². The van der Waals surface area contributed by atoms with Gasteiger partial charge in [-0.15, -0.1) is 0 Å². The Hall–Kier alpha value is -1.16. The molecule has 0 N–H and O–H groups in total. The highest BCUT2D eigenvalue weighted by Crippen LogP contribution is 2.27. The monoisotopic (exact) mass is 240 g/mol. The van der Waals surface area contributed by atoms with E-state index in [0.717, 1.165) is 17.8 Å². The summed E-state index contributed by atoms with van der Waals surface area (Å²) in [6.45, 7) is 2.73. The van der Waals surface area contributed by atoms with Gasteiger partial charge in [0.1, 0.15) is 6.29 Å². The van der Waals surface area contributed by atoms with Crippen molar-refractivity contribution in [1.82, 2.24) is 0 Å². The molecule has 0 heterocycles. The fraction of sp³-hybridized carbons (Fsp3) is 0.417. The second-order valence-electron chi connectivity index (χ2n) is 3.07. The van der Waals surface area contributed by atoms with Crippen LogP contribution in [0.1, 0.15) is 17.3 Å². The Bertz CT molecular complexity index is 339. The van der Waals surface area contributed by atoms with Crippen molar-refractivity contribution < 1.29 is 14.3 Å². The van der Waals surface area contributed by atoms with Gasteiger partial charge in [-0.05, 0) is 24.0 Å². The van der Waals surface area contributed by atoms with Gasteiger partial charge >= 0.3 is 0 Å². The number of rotatable bonds is 7. The summed E-state index contributed by atoms with van der Waals surface area (Å²) in [5.41, 5.74) is 0.596. The van der Waals surface area contributed by atoms with E-state index in [1.54, 1.807) is 25.3 Å². The maximum Gasteiger partial charge on any atom is 0.161 e. The fourth-order valence-electron chi connectivity index (χ4n) is 1.23. The third kappa shape index (κ3) is 3.77. The molecule has 0 saturated carbocycles. The highest BCUT2D eigenvalue weighted by molar-refractivity contribution is 7.99. The quantitative estimate of drug-likeness (QED) is 0.542. The van der Waals surface area contributed by atoms with Crippen molar-refractivity contribution in [2.24, 2.45) is 0 Å². The highest BCUT2D eigenvalue weighted by Gasteiger charge is 2.05. The van der Waals surface area contributed by atoms with Crippen LogP contribution in [-0.4, -0.2) is 31.5 Å². The first-order chi connectivity index (χ1) is 7.81. The number of hydrogen-bond donors (Lipinski definition) is 0. The number of thioether (sulfide) groups is 1. The zero-order valence-corrected chi connectivity index (χ0v) is 10.4. The Kier molecular flexibility index (Phi) is 5.78. The molecule has 0 amide bonds. The molecule has 0 radical (unpaired) electrons. The molecule has 0 saturated heterocycles. The van der Waals surface area contributed by atoms with Crippen LogP contribution in [-0.2, 0) is 0 Å². The minimum Gasteiger partial charge on any atom is -0.493 e. The lowest BCUT2D eigenvalue weighted by Crippen LogP contribution is -2.02. The molecule has 0 aromatic heterocycles. The average Bonchev–Trinajstić information content (AvgIpc) is 2.34. The Balaban J connectivity index is 2.64. The number of aldehydes is 1. The summed E-state index contributed by atoms with van der Waals surface area (Å²) in [6.07, 6.45) is 0.799. The second kappa shape index (κ2) is 7.17. The predicted molar refractivity (Wildman–Crippen MR) is 66.9 cm³/mol. The zero-order valence-electron chi connectivity index (χ0n) is 9.56.